The molecular formula is C18H23F3N4O4. The Hall–Kier alpha value is -2.27. The van der Waals surface area contributed by atoms with Crippen molar-refractivity contribution in [1.82, 2.24) is 20.2 Å². The number of carbonyl (C=O) groups is 2. The molecule has 0 bridgehead atoms. The van der Waals surface area contributed by atoms with E-state index in [1.54, 1.807) is 12.4 Å². The summed E-state index contributed by atoms with van der Waals surface area (Å²) in [7, 11) is 0. The number of nitrogens with zero attached hydrogens (tertiary/aromatic N) is 3. The van der Waals surface area contributed by atoms with E-state index in [0.29, 0.717) is 11.7 Å². The van der Waals surface area contributed by atoms with Gasteiger partial charge in [-0.1, -0.05) is 0 Å². The molecule has 3 aliphatic rings. The van der Waals surface area contributed by atoms with Crippen LogP contribution in [0.4, 0.5) is 13.2 Å². The molecule has 1 saturated carbocycles. The van der Waals surface area contributed by atoms with Gasteiger partial charge in [-0.05, 0) is 31.6 Å². The van der Waals surface area contributed by atoms with E-state index < -0.39 is 12.1 Å². The Kier molecular flexibility index (Phi) is 6.68. The number of rotatable bonds is 4. The molecule has 160 valence electrons. The van der Waals surface area contributed by atoms with Gasteiger partial charge in [-0.3, -0.25) is 14.7 Å². The number of hydrogen-bond donors (Lipinski definition) is 2. The van der Waals surface area contributed by atoms with Crippen molar-refractivity contribution in [1.29, 1.82) is 0 Å². The van der Waals surface area contributed by atoms with Crippen molar-refractivity contribution in [3.05, 3.63) is 24.3 Å². The molecule has 2 aliphatic heterocycles. The third-order valence-corrected chi connectivity index (χ3v) is 5.17. The first-order chi connectivity index (χ1) is 13.8. The Morgan fingerprint density at radius 2 is 2.00 bits per heavy atom. The Morgan fingerprint density at radius 1 is 1.28 bits per heavy atom. The fourth-order valence-electron chi connectivity index (χ4n) is 3.68. The molecule has 3 atom stereocenters. The molecule has 3 heterocycles. The predicted octanol–water partition coefficient (Wildman–Crippen LogP) is 1.48. The smallest absolute Gasteiger partial charge is 0.475 e. The van der Waals surface area contributed by atoms with Crippen molar-refractivity contribution in [2.45, 2.75) is 50.0 Å². The van der Waals surface area contributed by atoms with E-state index in [1.807, 2.05) is 0 Å². The minimum Gasteiger partial charge on any atom is -0.475 e. The zero-order valence-electron chi connectivity index (χ0n) is 15.6. The van der Waals surface area contributed by atoms with Crippen molar-refractivity contribution in [3.8, 4) is 0 Å². The first-order valence-electron chi connectivity index (χ1n) is 9.48. The summed E-state index contributed by atoms with van der Waals surface area (Å²) in [5.41, 5.74) is 0.371. The minimum absolute atomic E-state index is 0.0542. The van der Waals surface area contributed by atoms with Crippen LogP contribution < -0.4 is 5.32 Å². The van der Waals surface area contributed by atoms with Crippen LogP contribution in [0.3, 0.4) is 0 Å². The van der Waals surface area contributed by atoms with E-state index >= 15 is 0 Å². The largest absolute Gasteiger partial charge is 0.490 e. The summed E-state index contributed by atoms with van der Waals surface area (Å²) < 4.78 is 37.7. The van der Waals surface area contributed by atoms with Crippen molar-refractivity contribution in [2.75, 3.05) is 19.7 Å². The second kappa shape index (κ2) is 9.04. The lowest BCUT2D eigenvalue weighted by atomic mass is 10.0. The number of ether oxygens (including phenoxy) is 1. The van der Waals surface area contributed by atoms with Crippen molar-refractivity contribution < 1.29 is 32.6 Å². The Labute approximate surface area is 165 Å². The van der Waals surface area contributed by atoms with Crippen LogP contribution >= 0.6 is 0 Å². The molecule has 1 amide bonds. The topological polar surface area (TPSA) is 105 Å². The summed E-state index contributed by atoms with van der Waals surface area (Å²) >= 11 is 0. The van der Waals surface area contributed by atoms with Crippen LogP contribution in [0.5, 0.6) is 0 Å². The predicted molar refractivity (Wildman–Crippen MR) is 94.0 cm³/mol. The zero-order valence-corrected chi connectivity index (χ0v) is 15.6. The summed E-state index contributed by atoms with van der Waals surface area (Å²) in [6, 6.07) is 0.514. The Morgan fingerprint density at radius 3 is 2.59 bits per heavy atom. The maximum absolute atomic E-state index is 12.3. The van der Waals surface area contributed by atoms with Crippen LogP contribution in [-0.4, -0.2) is 75.9 Å². The number of alkyl halides is 3. The molecule has 1 aliphatic carbocycles. The monoisotopic (exact) mass is 416 g/mol. The zero-order chi connectivity index (χ0) is 21.0. The molecule has 11 heteroatoms. The highest BCUT2D eigenvalue weighted by molar-refractivity contribution is 5.92. The normalized spacial score (nSPS) is 26.8. The summed E-state index contributed by atoms with van der Waals surface area (Å²) in [4.78, 5) is 31.8. The van der Waals surface area contributed by atoms with Crippen LogP contribution in [0, 0.1) is 5.92 Å². The van der Waals surface area contributed by atoms with Gasteiger partial charge >= 0.3 is 12.1 Å². The molecule has 0 spiro atoms. The SMILES string of the molecule is O=C(N[C@H]1CN(CC2CC2)[C@@H]2CCCO[C@H]12)c1cnccn1.O=C(O)C(F)(F)F. The van der Waals surface area contributed by atoms with Crippen molar-refractivity contribution >= 4 is 11.9 Å². The number of aromatic nitrogens is 2. The molecule has 4 rings (SSSR count). The second-order valence-electron chi connectivity index (χ2n) is 7.42. The summed E-state index contributed by atoms with van der Waals surface area (Å²) in [5.74, 6) is -2.05. The quantitative estimate of drug-likeness (QED) is 0.766. The van der Waals surface area contributed by atoms with E-state index in [-0.39, 0.29) is 18.1 Å². The van der Waals surface area contributed by atoms with Crippen molar-refractivity contribution in [3.63, 3.8) is 0 Å². The number of carboxylic acid groups (broad SMARTS) is 1. The lowest BCUT2D eigenvalue weighted by Crippen LogP contribution is -2.47. The first kappa shape index (κ1) is 21.4. The number of carbonyl (C=O) groups excluding carboxylic acids is 1. The maximum atomic E-state index is 12.3. The molecule has 0 radical (unpaired) electrons. The van der Waals surface area contributed by atoms with Gasteiger partial charge in [-0.15, -0.1) is 0 Å². The number of halogens is 3. The van der Waals surface area contributed by atoms with E-state index in [1.165, 1.54) is 25.5 Å². The van der Waals surface area contributed by atoms with Gasteiger partial charge in [0, 0.05) is 38.1 Å². The standard InChI is InChI=1S/C16H22N4O2.C2HF3O2/c21-16(12-8-17-5-6-18-12)19-13-10-20(9-11-3-4-11)14-2-1-7-22-15(13)14;3-2(4,5)1(6)7/h5-6,8,11,13-15H,1-4,7,9-10H2,(H,19,21);(H,6,7)/t13-,14+,15+;/m0./s1. The van der Waals surface area contributed by atoms with Crippen LogP contribution in [0.1, 0.15) is 36.2 Å². The fourth-order valence-corrected chi connectivity index (χ4v) is 3.68. The molecule has 1 aromatic rings. The highest BCUT2D eigenvalue weighted by atomic mass is 19.4. The Bertz CT molecular complexity index is 715. The Balaban J connectivity index is 0.000000298. The van der Waals surface area contributed by atoms with Gasteiger partial charge in [0.25, 0.3) is 5.91 Å². The number of nitrogens with one attached hydrogen (secondary N) is 1. The lowest BCUT2D eigenvalue weighted by Gasteiger charge is -2.32. The van der Waals surface area contributed by atoms with Gasteiger partial charge in [-0.25, -0.2) is 9.78 Å². The molecule has 29 heavy (non-hydrogen) atoms. The van der Waals surface area contributed by atoms with E-state index in [9.17, 15) is 18.0 Å². The number of likely N-dealkylation sites (tertiary alicyclic amines) is 1. The minimum atomic E-state index is -5.08. The van der Waals surface area contributed by atoms with E-state index in [0.717, 1.165) is 32.0 Å². The molecular weight excluding hydrogens is 393 g/mol. The average Bonchev–Trinajstić information content (AvgIpc) is 3.45. The molecule has 8 nitrogen and oxygen atoms in total. The lowest BCUT2D eigenvalue weighted by molar-refractivity contribution is -0.192. The average molecular weight is 416 g/mol. The first-order valence-corrected chi connectivity index (χ1v) is 9.48. The summed E-state index contributed by atoms with van der Waals surface area (Å²) in [6.07, 6.45) is 4.66. The molecule has 3 fully saturated rings. The number of amides is 1. The number of carboxylic acids is 1. The van der Waals surface area contributed by atoms with E-state index in [2.05, 4.69) is 20.2 Å². The van der Waals surface area contributed by atoms with Crippen LogP contribution in [0.2, 0.25) is 0 Å². The fraction of sp³-hybridized carbons (Fsp3) is 0.667. The van der Waals surface area contributed by atoms with Gasteiger partial charge in [0.05, 0.1) is 18.3 Å². The van der Waals surface area contributed by atoms with Crippen LogP contribution in [0.15, 0.2) is 18.6 Å². The molecule has 0 unspecified atom stereocenters. The molecule has 1 aromatic heterocycles. The highest BCUT2D eigenvalue weighted by Crippen LogP contribution is 2.35. The molecule has 2 N–H and O–H groups in total. The number of fused-ring (bicyclic) bond motifs is 1. The van der Waals surface area contributed by atoms with Crippen LogP contribution in [0.25, 0.3) is 0 Å². The van der Waals surface area contributed by atoms with Crippen LogP contribution in [-0.2, 0) is 9.53 Å². The van der Waals surface area contributed by atoms with Gasteiger partial charge < -0.3 is 15.2 Å². The second-order valence-corrected chi connectivity index (χ2v) is 7.42. The third kappa shape index (κ3) is 5.86. The summed E-state index contributed by atoms with van der Waals surface area (Å²) in [5, 5.41) is 10.2. The number of aliphatic carboxylic acids is 1. The maximum Gasteiger partial charge on any atom is 0.490 e. The van der Waals surface area contributed by atoms with Gasteiger partial charge in [0.2, 0.25) is 0 Å². The molecule has 2 saturated heterocycles. The third-order valence-electron chi connectivity index (χ3n) is 5.17. The van der Waals surface area contributed by atoms with Gasteiger partial charge in [0.1, 0.15) is 5.69 Å². The number of hydrogen-bond acceptors (Lipinski definition) is 6. The van der Waals surface area contributed by atoms with E-state index in [4.69, 9.17) is 14.6 Å². The van der Waals surface area contributed by atoms with Gasteiger partial charge in [0.15, 0.2) is 0 Å². The molecule has 0 aromatic carbocycles. The van der Waals surface area contributed by atoms with Crippen molar-refractivity contribution in [2.24, 2.45) is 5.92 Å². The van der Waals surface area contributed by atoms with Gasteiger partial charge in [-0.2, -0.15) is 13.2 Å². The highest BCUT2D eigenvalue weighted by Gasteiger charge is 2.45. The summed E-state index contributed by atoms with van der Waals surface area (Å²) in [6.45, 7) is 2.84.